The molecule has 0 aromatic heterocycles. The zero-order valence-electron chi connectivity index (χ0n) is 12.0. The molecule has 1 heterocycles. The Morgan fingerprint density at radius 2 is 2.15 bits per heavy atom. The number of ether oxygens (including phenoxy) is 1. The average Bonchev–Trinajstić information content (AvgIpc) is 2.42. The predicted molar refractivity (Wildman–Crippen MR) is 83.1 cm³/mol. The van der Waals surface area contributed by atoms with Gasteiger partial charge in [-0.05, 0) is 31.5 Å². The Kier molecular flexibility index (Phi) is 5.57. The van der Waals surface area contributed by atoms with Gasteiger partial charge in [-0.25, -0.2) is 0 Å². The minimum Gasteiger partial charge on any atom is -0.379 e. The Labute approximate surface area is 128 Å². The van der Waals surface area contributed by atoms with Gasteiger partial charge in [-0.3, -0.25) is 9.69 Å². The van der Waals surface area contributed by atoms with Crippen molar-refractivity contribution in [2.24, 2.45) is 0 Å². The first-order valence-electron chi connectivity index (χ1n) is 6.93. The second-order valence-electron chi connectivity index (χ2n) is 5.25. The van der Waals surface area contributed by atoms with Crippen LogP contribution >= 0.6 is 15.9 Å². The lowest BCUT2D eigenvalue weighted by molar-refractivity contribution is 0.0342. The number of hydrogen-bond acceptors (Lipinski definition) is 3. The van der Waals surface area contributed by atoms with E-state index >= 15 is 0 Å². The molecule has 1 fully saturated rings. The summed E-state index contributed by atoms with van der Waals surface area (Å²) in [5.74, 6) is -0.00967. The number of hydrogen-bond donors (Lipinski definition) is 1. The summed E-state index contributed by atoms with van der Waals surface area (Å²) in [6.07, 6.45) is 0. The summed E-state index contributed by atoms with van der Waals surface area (Å²) in [6, 6.07) is 5.89. The van der Waals surface area contributed by atoms with Crippen molar-refractivity contribution in [2.75, 3.05) is 32.8 Å². The van der Waals surface area contributed by atoms with Crippen LogP contribution in [0.2, 0.25) is 0 Å². The third kappa shape index (κ3) is 4.30. The average molecular weight is 341 g/mol. The number of nitrogens with zero attached hydrogens (tertiary/aromatic N) is 1. The molecule has 1 unspecified atom stereocenters. The molecule has 4 nitrogen and oxygen atoms in total. The van der Waals surface area contributed by atoms with Gasteiger partial charge in [0, 0.05) is 35.7 Å². The van der Waals surface area contributed by atoms with Crippen LogP contribution in [0.5, 0.6) is 0 Å². The van der Waals surface area contributed by atoms with Crippen LogP contribution in [0, 0.1) is 6.92 Å². The van der Waals surface area contributed by atoms with E-state index in [1.807, 2.05) is 32.0 Å². The van der Waals surface area contributed by atoms with Crippen LogP contribution in [0.1, 0.15) is 22.8 Å². The number of carbonyl (C=O) groups is 1. The fourth-order valence-electron chi connectivity index (χ4n) is 2.36. The lowest BCUT2D eigenvalue weighted by atomic mass is 10.1. The van der Waals surface area contributed by atoms with E-state index in [0.717, 1.165) is 48.4 Å². The molecule has 1 N–H and O–H groups in total. The standard InChI is InChI=1S/C15H21BrN2O2/c1-11-3-4-13(16)9-14(11)15(19)17-12(2)10-18-5-7-20-8-6-18/h3-4,9,12H,5-8,10H2,1-2H3,(H,17,19). The van der Waals surface area contributed by atoms with Gasteiger partial charge in [-0.15, -0.1) is 0 Å². The number of nitrogens with one attached hydrogen (secondary N) is 1. The van der Waals surface area contributed by atoms with Crippen molar-refractivity contribution in [3.8, 4) is 0 Å². The first-order chi connectivity index (χ1) is 9.56. The van der Waals surface area contributed by atoms with E-state index in [2.05, 4.69) is 26.1 Å². The van der Waals surface area contributed by atoms with Crippen molar-refractivity contribution in [1.29, 1.82) is 0 Å². The Morgan fingerprint density at radius 1 is 1.45 bits per heavy atom. The number of aryl methyl sites for hydroxylation is 1. The van der Waals surface area contributed by atoms with Gasteiger partial charge < -0.3 is 10.1 Å². The summed E-state index contributed by atoms with van der Waals surface area (Å²) in [7, 11) is 0. The number of rotatable bonds is 4. The molecule has 1 aromatic carbocycles. The lowest BCUT2D eigenvalue weighted by Gasteiger charge is -2.29. The van der Waals surface area contributed by atoms with Gasteiger partial charge >= 0.3 is 0 Å². The van der Waals surface area contributed by atoms with Crippen molar-refractivity contribution in [2.45, 2.75) is 19.9 Å². The van der Waals surface area contributed by atoms with E-state index in [1.54, 1.807) is 0 Å². The molecule has 110 valence electrons. The SMILES string of the molecule is Cc1ccc(Br)cc1C(=O)NC(C)CN1CCOCC1. The third-order valence-electron chi connectivity index (χ3n) is 3.46. The Hall–Kier alpha value is -0.910. The van der Waals surface area contributed by atoms with Crippen molar-refractivity contribution in [1.82, 2.24) is 10.2 Å². The summed E-state index contributed by atoms with van der Waals surface area (Å²) in [4.78, 5) is 14.6. The van der Waals surface area contributed by atoms with E-state index in [4.69, 9.17) is 4.74 Å². The molecule has 0 aliphatic carbocycles. The summed E-state index contributed by atoms with van der Waals surface area (Å²) >= 11 is 3.41. The smallest absolute Gasteiger partial charge is 0.251 e. The van der Waals surface area contributed by atoms with Crippen LogP contribution in [0.4, 0.5) is 0 Å². The zero-order valence-corrected chi connectivity index (χ0v) is 13.6. The van der Waals surface area contributed by atoms with Crippen molar-refractivity contribution in [3.63, 3.8) is 0 Å². The van der Waals surface area contributed by atoms with E-state index in [-0.39, 0.29) is 11.9 Å². The highest BCUT2D eigenvalue weighted by Crippen LogP contribution is 2.16. The molecule has 20 heavy (non-hydrogen) atoms. The highest BCUT2D eigenvalue weighted by molar-refractivity contribution is 9.10. The molecule has 1 atom stereocenters. The molecule has 0 bridgehead atoms. The first kappa shape index (κ1) is 15.5. The minimum atomic E-state index is -0.00967. The molecule has 5 heteroatoms. The van der Waals surface area contributed by atoms with E-state index in [0.29, 0.717) is 0 Å². The molecule has 0 saturated carbocycles. The van der Waals surface area contributed by atoms with Gasteiger partial charge in [-0.1, -0.05) is 22.0 Å². The summed E-state index contributed by atoms with van der Waals surface area (Å²) < 4.78 is 6.25. The van der Waals surface area contributed by atoms with Crippen LogP contribution in [0.3, 0.4) is 0 Å². The zero-order chi connectivity index (χ0) is 14.5. The second kappa shape index (κ2) is 7.20. The van der Waals surface area contributed by atoms with Crippen LogP contribution in [0.25, 0.3) is 0 Å². The second-order valence-corrected chi connectivity index (χ2v) is 6.16. The summed E-state index contributed by atoms with van der Waals surface area (Å²) in [6.45, 7) is 8.31. The van der Waals surface area contributed by atoms with E-state index in [9.17, 15) is 4.79 Å². The first-order valence-corrected chi connectivity index (χ1v) is 7.72. The largest absolute Gasteiger partial charge is 0.379 e. The Bertz CT molecular complexity index is 473. The molecule has 1 saturated heterocycles. The highest BCUT2D eigenvalue weighted by Gasteiger charge is 2.16. The number of halogens is 1. The van der Waals surface area contributed by atoms with Crippen LogP contribution in [0.15, 0.2) is 22.7 Å². The number of morpholine rings is 1. The molecule has 1 aromatic rings. The quantitative estimate of drug-likeness (QED) is 0.913. The van der Waals surface area contributed by atoms with Crippen molar-refractivity contribution in [3.05, 3.63) is 33.8 Å². The molecule has 1 amide bonds. The Morgan fingerprint density at radius 3 is 2.85 bits per heavy atom. The van der Waals surface area contributed by atoms with Gasteiger partial charge in [0.1, 0.15) is 0 Å². The maximum atomic E-state index is 12.3. The van der Waals surface area contributed by atoms with Gasteiger partial charge in [0.15, 0.2) is 0 Å². The normalized spacial score (nSPS) is 17.8. The van der Waals surface area contributed by atoms with E-state index in [1.165, 1.54) is 0 Å². The monoisotopic (exact) mass is 340 g/mol. The topological polar surface area (TPSA) is 41.6 Å². The fraction of sp³-hybridized carbons (Fsp3) is 0.533. The molecule has 2 rings (SSSR count). The van der Waals surface area contributed by atoms with Gasteiger partial charge in [-0.2, -0.15) is 0 Å². The van der Waals surface area contributed by atoms with Gasteiger partial charge in [0.2, 0.25) is 0 Å². The van der Waals surface area contributed by atoms with Crippen LogP contribution in [-0.4, -0.2) is 49.7 Å². The summed E-state index contributed by atoms with van der Waals surface area (Å²) in [5, 5.41) is 3.07. The number of amides is 1. The van der Waals surface area contributed by atoms with Crippen molar-refractivity contribution >= 4 is 21.8 Å². The van der Waals surface area contributed by atoms with Crippen molar-refractivity contribution < 1.29 is 9.53 Å². The maximum Gasteiger partial charge on any atom is 0.251 e. The third-order valence-corrected chi connectivity index (χ3v) is 3.95. The predicted octanol–water partition coefficient (Wildman–Crippen LogP) is 2.21. The summed E-state index contributed by atoms with van der Waals surface area (Å²) in [5.41, 5.74) is 1.72. The molecule has 0 spiro atoms. The van der Waals surface area contributed by atoms with E-state index < -0.39 is 0 Å². The molecule has 1 aliphatic rings. The minimum absolute atomic E-state index is 0.00967. The molecule has 0 radical (unpaired) electrons. The number of benzene rings is 1. The highest BCUT2D eigenvalue weighted by atomic mass is 79.9. The Balaban J connectivity index is 1.91. The maximum absolute atomic E-state index is 12.3. The van der Waals surface area contributed by atoms with Gasteiger partial charge in [0.05, 0.1) is 13.2 Å². The molecule has 1 aliphatic heterocycles. The lowest BCUT2D eigenvalue weighted by Crippen LogP contribution is -2.46. The van der Waals surface area contributed by atoms with Crippen LogP contribution in [-0.2, 0) is 4.74 Å². The molecular weight excluding hydrogens is 320 g/mol. The number of carbonyl (C=O) groups excluding carboxylic acids is 1. The van der Waals surface area contributed by atoms with Crippen LogP contribution < -0.4 is 5.32 Å². The van der Waals surface area contributed by atoms with Gasteiger partial charge in [0.25, 0.3) is 5.91 Å². The fourth-order valence-corrected chi connectivity index (χ4v) is 2.72. The molecular formula is C15H21BrN2O2.